The molecule has 1 aromatic heterocycles. The third-order valence-electron chi connectivity index (χ3n) is 1.81. The SMILES string of the molecule is CCCNC(=O)C(C)Nc1nnc(C)s1. The second-order valence-electron chi connectivity index (χ2n) is 3.28. The monoisotopic (exact) mass is 228 g/mol. The fourth-order valence-corrected chi connectivity index (χ4v) is 1.69. The van der Waals surface area contributed by atoms with Crippen LogP contribution >= 0.6 is 11.3 Å². The molecule has 15 heavy (non-hydrogen) atoms. The van der Waals surface area contributed by atoms with Crippen molar-refractivity contribution in [2.24, 2.45) is 0 Å². The molecule has 1 amide bonds. The van der Waals surface area contributed by atoms with Crippen LogP contribution in [0.3, 0.4) is 0 Å². The van der Waals surface area contributed by atoms with Gasteiger partial charge in [0, 0.05) is 6.54 Å². The molecule has 0 radical (unpaired) electrons. The number of nitrogens with one attached hydrogen (secondary N) is 2. The lowest BCUT2D eigenvalue weighted by Gasteiger charge is -2.11. The Kier molecular flexibility index (Phi) is 4.48. The Labute approximate surface area is 93.3 Å². The van der Waals surface area contributed by atoms with E-state index in [1.807, 2.05) is 20.8 Å². The van der Waals surface area contributed by atoms with Gasteiger partial charge < -0.3 is 10.6 Å². The van der Waals surface area contributed by atoms with E-state index < -0.39 is 0 Å². The summed E-state index contributed by atoms with van der Waals surface area (Å²) >= 11 is 1.44. The van der Waals surface area contributed by atoms with E-state index >= 15 is 0 Å². The molecule has 0 saturated heterocycles. The second kappa shape index (κ2) is 5.65. The molecular weight excluding hydrogens is 212 g/mol. The fourth-order valence-electron chi connectivity index (χ4n) is 1.01. The van der Waals surface area contributed by atoms with E-state index in [0.717, 1.165) is 11.4 Å². The summed E-state index contributed by atoms with van der Waals surface area (Å²) in [7, 11) is 0. The van der Waals surface area contributed by atoms with Crippen molar-refractivity contribution >= 4 is 22.4 Å². The number of rotatable bonds is 5. The van der Waals surface area contributed by atoms with Gasteiger partial charge in [-0.25, -0.2) is 0 Å². The number of nitrogens with zero attached hydrogens (tertiary/aromatic N) is 2. The van der Waals surface area contributed by atoms with Crippen molar-refractivity contribution in [3.05, 3.63) is 5.01 Å². The Bertz CT molecular complexity index is 326. The molecule has 2 N–H and O–H groups in total. The van der Waals surface area contributed by atoms with E-state index in [9.17, 15) is 4.79 Å². The van der Waals surface area contributed by atoms with Gasteiger partial charge in [-0.05, 0) is 20.3 Å². The number of anilines is 1. The zero-order valence-corrected chi connectivity index (χ0v) is 10.0. The number of aromatic nitrogens is 2. The van der Waals surface area contributed by atoms with Crippen LogP contribution in [0.2, 0.25) is 0 Å². The largest absolute Gasteiger partial charge is 0.354 e. The molecule has 1 atom stereocenters. The summed E-state index contributed by atoms with van der Waals surface area (Å²) < 4.78 is 0. The minimum Gasteiger partial charge on any atom is -0.354 e. The van der Waals surface area contributed by atoms with Crippen LogP contribution in [0.5, 0.6) is 0 Å². The van der Waals surface area contributed by atoms with Crippen LogP contribution in [0.15, 0.2) is 0 Å². The van der Waals surface area contributed by atoms with E-state index in [1.54, 1.807) is 0 Å². The summed E-state index contributed by atoms with van der Waals surface area (Å²) in [5.41, 5.74) is 0. The van der Waals surface area contributed by atoms with E-state index in [4.69, 9.17) is 0 Å². The lowest BCUT2D eigenvalue weighted by atomic mass is 10.3. The van der Waals surface area contributed by atoms with Crippen LogP contribution in [0.4, 0.5) is 5.13 Å². The highest BCUT2D eigenvalue weighted by Gasteiger charge is 2.13. The summed E-state index contributed by atoms with van der Waals surface area (Å²) in [4.78, 5) is 11.5. The summed E-state index contributed by atoms with van der Waals surface area (Å²) in [5, 5.41) is 15.2. The van der Waals surface area contributed by atoms with Gasteiger partial charge in [-0.1, -0.05) is 18.3 Å². The van der Waals surface area contributed by atoms with Gasteiger partial charge in [-0.2, -0.15) is 0 Å². The maximum Gasteiger partial charge on any atom is 0.242 e. The smallest absolute Gasteiger partial charge is 0.242 e. The van der Waals surface area contributed by atoms with Crippen molar-refractivity contribution in [1.29, 1.82) is 0 Å². The summed E-state index contributed by atoms with van der Waals surface area (Å²) in [6, 6.07) is -0.274. The van der Waals surface area contributed by atoms with E-state index in [-0.39, 0.29) is 11.9 Å². The summed E-state index contributed by atoms with van der Waals surface area (Å²) in [5.74, 6) is -0.00953. The Morgan fingerprint density at radius 3 is 2.80 bits per heavy atom. The maximum atomic E-state index is 11.5. The molecule has 0 aromatic carbocycles. The van der Waals surface area contributed by atoms with Crippen molar-refractivity contribution in [3.8, 4) is 0 Å². The zero-order valence-electron chi connectivity index (χ0n) is 9.20. The molecule has 1 unspecified atom stereocenters. The van der Waals surface area contributed by atoms with Gasteiger partial charge >= 0.3 is 0 Å². The molecule has 0 fully saturated rings. The van der Waals surface area contributed by atoms with E-state index in [1.165, 1.54) is 11.3 Å². The number of aryl methyl sites for hydroxylation is 1. The summed E-state index contributed by atoms with van der Waals surface area (Å²) in [6.07, 6.45) is 0.941. The van der Waals surface area contributed by atoms with Crippen LogP contribution in [-0.4, -0.2) is 28.7 Å². The molecule has 6 heteroatoms. The van der Waals surface area contributed by atoms with Gasteiger partial charge in [-0.15, -0.1) is 10.2 Å². The van der Waals surface area contributed by atoms with Crippen LogP contribution < -0.4 is 10.6 Å². The predicted octanol–water partition coefficient (Wildman–Crippen LogP) is 1.17. The standard InChI is InChI=1S/C9H16N4OS/c1-4-5-10-8(14)6(2)11-9-13-12-7(3)15-9/h6H,4-5H2,1-3H3,(H,10,14)(H,11,13). The average Bonchev–Trinajstić information content (AvgIpc) is 2.60. The highest BCUT2D eigenvalue weighted by atomic mass is 32.1. The molecule has 1 aromatic rings. The topological polar surface area (TPSA) is 66.9 Å². The van der Waals surface area contributed by atoms with Crippen LogP contribution in [0.25, 0.3) is 0 Å². The van der Waals surface area contributed by atoms with Gasteiger partial charge in [-0.3, -0.25) is 4.79 Å². The Hall–Kier alpha value is -1.17. The van der Waals surface area contributed by atoms with Gasteiger partial charge in [0.2, 0.25) is 11.0 Å². The minimum atomic E-state index is -0.274. The first-order chi connectivity index (χ1) is 7.13. The number of carbonyl (C=O) groups is 1. The predicted molar refractivity (Wildman–Crippen MR) is 61.0 cm³/mol. The molecule has 0 spiro atoms. The normalized spacial score (nSPS) is 12.2. The number of carbonyl (C=O) groups excluding carboxylic acids is 1. The Morgan fingerprint density at radius 1 is 1.53 bits per heavy atom. The van der Waals surface area contributed by atoms with Crippen molar-refractivity contribution in [2.75, 3.05) is 11.9 Å². The Balaban J connectivity index is 2.41. The highest BCUT2D eigenvalue weighted by molar-refractivity contribution is 7.15. The fraction of sp³-hybridized carbons (Fsp3) is 0.667. The summed E-state index contributed by atoms with van der Waals surface area (Å²) in [6.45, 7) is 6.42. The molecule has 84 valence electrons. The highest BCUT2D eigenvalue weighted by Crippen LogP contribution is 2.14. The lowest BCUT2D eigenvalue weighted by Crippen LogP contribution is -2.37. The third-order valence-corrected chi connectivity index (χ3v) is 2.58. The van der Waals surface area contributed by atoms with E-state index in [0.29, 0.717) is 11.7 Å². The molecular formula is C9H16N4OS. The van der Waals surface area contributed by atoms with Crippen molar-refractivity contribution in [1.82, 2.24) is 15.5 Å². The van der Waals surface area contributed by atoms with Gasteiger partial charge in [0.05, 0.1) is 0 Å². The maximum absolute atomic E-state index is 11.5. The number of hydrogen-bond acceptors (Lipinski definition) is 5. The quantitative estimate of drug-likeness (QED) is 0.794. The second-order valence-corrected chi connectivity index (χ2v) is 4.46. The first-order valence-electron chi connectivity index (χ1n) is 4.97. The van der Waals surface area contributed by atoms with Gasteiger partial charge in [0.1, 0.15) is 11.0 Å². The van der Waals surface area contributed by atoms with Gasteiger partial charge in [0.25, 0.3) is 0 Å². The van der Waals surface area contributed by atoms with Crippen molar-refractivity contribution in [2.45, 2.75) is 33.2 Å². The number of hydrogen-bond donors (Lipinski definition) is 2. The molecule has 0 aliphatic heterocycles. The molecule has 1 rings (SSSR count). The van der Waals surface area contributed by atoms with E-state index in [2.05, 4.69) is 20.8 Å². The number of amides is 1. The molecule has 0 aliphatic carbocycles. The molecule has 0 bridgehead atoms. The van der Waals surface area contributed by atoms with Crippen LogP contribution in [0.1, 0.15) is 25.3 Å². The first kappa shape index (κ1) is 11.9. The molecule has 1 heterocycles. The zero-order chi connectivity index (χ0) is 11.3. The van der Waals surface area contributed by atoms with Crippen LogP contribution in [0, 0.1) is 6.92 Å². The molecule has 0 saturated carbocycles. The average molecular weight is 228 g/mol. The van der Waals surface area contributed by atoms with Crippen molar-refractivity contribution in [3.63, 3.8) is 0 Å². The lowest BCUT2D eigenvalue weighted by molar-refractivity contribution is -0.121. The first-order valence-corrected chi connectivity index (χ1v) is 5.79. The molecule has 0 aliphatic rings. The van der Waals surface area contributed by atoms with Crippen molar-refractivity contribution < 1.29 is 4.79 Å². The van der Waals surface area contributed by atoms with Gasteiger partial charge in [0.15, 0.2) is 0 Å². The Morgan fingerprint density at radius 2 is 2.27 bits per heavy atom. The third kappa shape index (κ3) is 3.83. The minimum absolute atomic E-state index is 0.00953. The molecule has 5 nitrogen and oxygen atoms in total. The van der Waals surface area contributed by atoms with Crippen LogP contribution in [-0.2, 0) is 4.79 Å².